The van der Waals surface area contributed by atoms with Gasteiger partial charge in [0.2, 0.25) is 17.7 Å². The predicted molar refractivity (Wildman–Crippen MR) is 86.9 cm³/mol. The van der Waals surface area contributed by atoms with Crippen molar-refractivity contribution >= 4 is 5.91 Å². The van der Waals surface area contributed by atoms with E-state index in [2.05, 4.69) is 10.2 Å². The summed E-state index contributed by atoms with van der Waals surface area (Å²) >= 11 is 0. The molecular weight excluding hydrogens is 309 g/mol. The van der Waals surface area contributed by atoms with Crippen molar-refractivity contribution in [3.63, 3.8) is 0 Å². The molecule has 0 radical (unpaired) electrons. The Morgan fingerprint density at radius 2 is 2.12 bits per heavy atom. The number of carbonyl (C=O) groups is 1. The van der Waals surface area contributed by atoms with E-state index in [1.165, 1.54) is 6.07 Å². The minimum Gasteiger partial charge on any atom is -0.425 e. The highest BCUT2D eigenvalue weighted by atomic mass is 19.1. The van der Waals surface area contributed by atoms with Crippen LogP contribution in [0.3, 0.4) is 0 Å². The van der Waals surface area contributed by atoms with Gasteiger partial charge in [0.1, 0.15) is 5.82 Å². The van der Waals surface area contributed by atoms with E-state index in [-0.39, 0.29) is 23.7 Å². The van der Waals surface area contributed by atoms with Gasteiger partial charge in [0.25, 0.3) is 0 Å². The fourth-order valence-electron chi connectivity index (χ4n) is 3.38. The van der Waals surface area contributed by atoms with Crippen molar-refractivity contribution in [2.75, 3.05) is 6.54 Å². The van der Waals surface area contributed by atoms with Gasteiger partial charge in [-0.2, -0.15) is 0 Å². The number of aryl methyl sites for hydroxylation is 2. The lowest BCUT2D eigenvalue weighted by Gasteiger charge is -2.37. The van der Waals surface area contributed by atoms with Crippen LogP contribution in [0.4, 0.5) is 4.39 Å². The maximum absolute atomic E-state index is 13.7. The van der Waals surface area contributed by atoms with Crippen LogP contribution in [0.25, 0.3) is 0 Å². The van der Waals surface area contributed by atoms with Crippen LogP contribution in [0.15, 0.2) is 28.7 Å². The first kappa shape index (κ1) is 16.6. The van der Waals surface area contributed by atoms with E-state index in [1.54, 1.807) is 19.1 Å². The Morgan fingerprint density at radius 3 is 2.88 bits per heavy atom. The highest BCUT2D eigenvalue weighted by Crippen LogP contribution is 2.31. The molecule has 5 nitrogen and oxygen atoms in total. The van der Waals surface area contributed by atoms with Crippen molar-refractivity contribution in [3.05, 3.63) is 47.4 Å². The molecule has 0 aliphatic carbocycles. The van der Waals surface area contributed by atoms with Crippen LogP contribution in [0, 0.1) is 5.82 Å². The SMILES string of the molecule is CC(=O)N1CCC[C@H](c2nnc(CCc3ccccc3F)o2)[C@@H]1C. The number of aromatic nitrogens is 2. The van der Waals surface area contributed by atoms with Crippen molar-refractivity contribution in [1.82, 2.24) is 15.1 Å². The van der Waals surface area contributed by atoms with Gasteiger partial charge in [-0.1, -0.05) is 18.2 Å². The molecule has 1 fully saturated rings. The van der Waals surface area contributed by atoms with Gasteiger partial charge >= 0.3 is 0 Å². The fraction of sp³-hybridized carbons (Fsp3) is 0.500. The molecule has 0 saturated carbocycles. The smallest absolute Gasteiger partial charge is 0.221 e. The normalized spacial score (nSPS) is 21.0. The summed E-state index contributed by atoms with van der Waals surface area (Å²) in [5, 5.41) is 8.27. The molecule has 1 aliphatic rings. The van der Waals surface area contributed by atoms with Crippen LogP contribution in [-0.2, 0) is 17.6 Å². The molecule has 2 aromatic rings. The maximum atomic E-state index is 13.7. The van der Waals surface area contributed by atoms with Gasteiger partial charge in [-0.15, -0.1) is 10.2 Å². The second-order valence-electron chi connectivity index (χ2n) is 6.33. The molecule has 0 N–H and O–H groups in total. The van der Waals surface area contributed by atoms with Crippen LogP contribution in [0.5, 0.6) is 0 Å². The molecule has 1 aliphatic heterocycles. The van der Waals surface area contributed by atoms with E-state index >= 15 is 0 Å². The van der Waals surface area contributed by atoms with Crippen molar-refractivity contribution in [1.29, 1.82) is 0 Å². The Hall–Kier alpha value is -2.24. The number of hydrogen-bond donors (Lipinski definition) is 0. The van der Waals surface area contributed by atoms with Crippen molar-refractivity contribution < 1.29 is 13.6 Å². The molecule has 6 heteroatoms. The van der Waals surface area contributed by atoms with Crippen molar-refractivity contribution in [3.8, 4) is 0 Å². The monoisotopic (exact) mass is 331 g/mol. The summed E-state index contributed by atoms with van der Waals surface area (Å²) in [6.07, 6.45) is 2.89. The number of rotatable bonds is 4. The van der Waals surface area contributed by atoms with Crippen molar-refractivity contribution in [2.24, 2.45) is 0 Å². The number of carbonyl (C=O) groups excluding carboxylic acids is 1. The summed E-state index contributed by atoms with van der Waals surface area (Å²) in [6.45, 7) is 4.39. The summed E-state index contributed by atoms with van der Waals surface area (Å²) in [5.74, 6) is 1.02. The van der Waals surface area contributed by atoms with Gasteiger partial charge in [-0.05, 0) is 37.8 Å². The third kappa shape index (κ3) is 3.47. The van der Waals surface area contributed by atoms with Gasteiger partial charge in [0.15, 0.2) is 0 Å². The second-order valence-corrected chi connectivity index (χ2v) is 6.33. The molecular formula is C18H22FN3O2. The Kier molecular flexibility index (Phi) is 4.92. The van der Waals surface area contributed by atoms with E-state index in [0.29, 0.717) is 30.2 Å². The summed E-state index contributed by atoms with van der Waals surface area (Å²) in [5.41, 5.74) is 0.644. The molecule has 128 valence electrons. The van der Waals surface area contributed by atoms with Crippen LogP contribution in [0.1, 0.15) is 50.0 Å². The lowest BCUT2D eigenvalue weighted by atomic mass is 9.90. The third-order valence-corrected chi connectivity index (χ3v) is 4.76. The molecule has 0 unspecified atom stereocenters. The fourth-order valence-corrected chi connectivity index (χ4v) is 3.38. The largest absolute Gasteiger partial charge is 0.425 e. The molecule has 2 atom stereocenters. The average Bonchev–Trinajstić information content (AvgIpc) is 3.03. The van der Waals surface area contributed by atoms with Crippen LogP contribution in [0.2, 0.25) is 0 Å². The predicted octanol–water partition coefficient (Wildman–Crippen LogP) is 3.11. The molecule has 1 aromatic heterocycles. The number of hydrogen-bond acceptors (Lipinski definition) is 4. The Balaban J connectivity index is 1.67. The first-order valence-corrected chi connectivity index (χ1v) is 8.39. The molecule has 0 spiro atoms. The van der Waals surface area contributed by atoms with E-state index in [1.807, 2.05) is 17.9 Å². The Labute approximate surface area is 140 Å². The number of halogens is 1. The zero-order valence-electron chi connectivity index (χ0n) is 14.0. The number of nitrogens with zero attached hydrogens (tertiary/aromatic N) is 3. The molecule has 24 heavy (non-hydrogen) atoms. The Morgan fingerprint density at radius 1 is 1.33 bits per heavy atom. The van der Waals surface area contributed by atoms with E-state index in [9.17, 15) is 9.18 Å². The number of benzene rings is 1. The standard InChI is InChI=1S/C18H22FN3O2/c1-12-15(7-5-11-22(12)13(2)23)18-21-20-17(24-18)10-9-14-6-3-4-8-16(14)19/h3-4,6,8,12,15H,5,7,9-11H2,1-2H3/t12-,15-/m0/s1. The van der Waals surface area contributed by atoms with E-state index in [4.69, 9.17) is 4.42 Å². The highest BCUT2D eigenvalue weighted by Gasteiger charge is 2.33. The quantitative estimate of drug-likeness (QED) is 0.864. The summed E-state index contributed by atoms with van der Waals surface area (Å²) in [7, 11) is 0. The van der Waals surface area contributed by atoms with Gasteiger partial charge in [0, 0.05) is 25.9 Å². The van der Waals surface area contributed by atoms with Gasteiger partial charge < -0.3 is 9.32 Å². The highest BCUT2D eigenvalue weighted by molar-refractivity contribution is 5.73. The van der Waals surface area contributed by atoms with Crippen LogP contribution >= 0.6 is 0 Å². The van der Waals surface area contributed by atoms with Gasteiger partial charge in [-0.25, -0.2) is 4.39 Å². The maximum Gasteiger partial charge on any atom is 0.221 e. The zero-order chi connectivity index (χ0) is 17.1. The minimum atomic E-state index is -0.213. The Bertz CT molecular complexity index is 716. The lowest BCUT2D eigenvalue weighted by Crippen LogP contribution is -2.44. The molecule has 1 saturated heterocycles. The van der Waals surface area contributed by atoms with E-state index < -0.39 is 0 Å². The van der Waals surface area contributed by atoms with Crippen LogP contribution < -0.4 is 0 Å². The first-order chi connectivity index (χ1) is 11.6. The molecule has 1 aromatic carbocycles. The number of piperidine rings is 1. The minimum absolute atomic E-state index is 0.0520. The van der Waals surface area contributed by atoms with E-state index in [0.717, 1.165) is 19.4 Å². The van der Waals surface area contributed by atoms with Gasteiger partial charge in [0.05, 0.1) is 5.92 Å². The first-order valence-electron chi connectivity index (χ1n) is 8.39. The summed E-state index contributed by atoms with van der Waals surface area (Å²) in [4.78, 5) is 13.6. The molecule has 1 amide bonds. The molecule has 3 rings (SSSR count). The number of amides is 1. The number of likely N-dealkylation sites (tertiary alicyclic amines) is 1. The topological polar surface area (TPSA) is 59.2 Å². The zero-order valence-corrected chi connectivity index (χ0v) is 14.0. The summed E-state index contributed by atoms with van der Waals surface area (Å²) < 4.78 is 19.5. The lowest BCUT2D eigenvalue weighted by molar-refractivity contribution is -0.132. The third-order valence-electron chi connectivity index (χ3n) is 4.76. The van der Waals surface area contributed by atoms with Gasteiger partial charge in [-0.3, -0.25) is 4.79 Å². The average molecular weight is 331 g/mol. The molecule has 0 bridgehead atoms. The van der Waals surface area contributed by atoms with Crippen LogP contribution in [-0.4, -0.2) is 33.6 Å². The summed E-state index contributed by atoms with van der Waals surface area (Å²) in [6, 6.07) is 6.76. The van der Waals surface area contributed by atoms with Crippen molar-refractivity contribution in [2.45, 2.75) is 51.5 Å². The second kappa shape index (κ2) is 7.11. The molecule has 2 heterocycles.